The minimum atomic E-state index is -0.0867. The highest BCUT2D eigenvalue weighted by Crippen LogP contribution is 2.17. The van der Waals surface area contributed by atoms with Crippen molar-refractivity contribution in [1.82, 2.24) is 4.90 Å². The molecular weight excluding hydrogens is 198 g/mol. The lowest BCUT2D eigenvalue weighted by Crippen LogP contribution is -2.37. The van der Waals surface area contributed by atoms with Crippen molar-refractivity contribution in [3.8, 4) is 0 Å². The molecule has 0 aromatic heterocycles. The molecule has 0 aliphatic carbocycles. The van der Waals surface area contributed by atoms with Crippen molar-refractivity contribution in [2.75, 3.05) is 40.5 Å². The van der Waals surface area contributed by atoms with Gasteiger partial charge >= 0.3 is 0 Å². The van der Waals surface area contributed by atoms with Crippen molar-refractivity contribution in [3.05, 3.63) is 0 Å². The van der Waals surface area contributed by atoms with Crippen LogP contribution in [0.2, 0.25) is 0 Å². The van der Waals surface area contributed by atoms with Gasteiger partial charge in [-0.1, -0.05) is 0 Å². The largest absolute Gasteiger partial charge is 0.396 e. The quantitative estimate of drug-likeness (QED) is 0.651. The molecule has 0 saturated carbocycles. The number of rotatable bonds is 6. The van der Waals surface area contributed by atoms with Crippen molar-refractivity contribution in [1.29, 1.82) is 0 Å². The van der Waals surface area contributed by atoms with Gasteiger partial charge in [0.15, 0.2) is 0 Å². The second-order valence-corrected chi connectivity index (χ2v) is 3.86. The summed E-state index contributed by atoms with van der Waals surface area (Å²) in [5, 5.41) is 8.96. The predicted octanol–water partition coefficient (Wildman–Crippen LogP) is -0.511. The maximum absolute atomic E-state index is 11.5. The SMILES string of the molecule is COCC(CN1CC(CO)CC1=O)OC. The predicted molar refractivity (Wildman–Crippen MR) is 54.4 cm³/mol. The van der Waals surface area contributed by atoms with Gasteiger partial charge in [0.1, 0.15) is 0 Å². The van der Waals surface area contributed by atoms with Crippen molar-refractivity contribution in [2.24, 2.45) is 5.92 Å². The fourth-order valence-electron chi connectivity index (χ4n) is 1.78. The molecule has 1 aliphatic heterocycles. The fourth-order valence-corrected chi connectivity index (χ4v) is 1.78. The van der Waals surface area contributed by atoms with Crippen LogP contribution in [0.5, 0.6) is 0 Å². The molecule has 88 valence electrons. The first kappa shape index (κ1) is 12.4. The van der Waals surface area contributed by atoms with Crippen molar-refractivity contribution >= 4 is 5.91 Å². The molecule has 5 nitrogen and oxygen atoms in total. The Morgan fingerprint density at radius 1 is 1.60 bits per heavy atom. The van der Waals surface area contributed by atoms with E-state index in [1.807, 2.05) is 0 Å². The first-order valence-corrected chi connectivity index (χ1v) is 5.11. The number of carbonyl (C=O) groups excluding carboxylic acids is 1. The summed E-state index contributed by atoms with van der Waals surface area (Å²) in [6.07, 6.45) is 0.358. The minimum absolute atomic E-state index is 0.0736. The van der Waals surface area contributed by atoms with E-state index < -0.39 is 0 Å². The number of amides is 1. The summed E-state index contributed by atoms with van der Waals surface area (Å²) in [5.41, 5.74) is 0. The van der Waals surface area contributed by atoms with E-state index >= 15 is 0 Å². The Kier molecular flexibility index (Phi) is 5.01. The summed E-state index contributed by atoms with van der Waals surface area (Å²) in [4.78, 5) is 13.2. The van der Waals surface area contributed by atoms with Gasteiger partial charge in [0.2, 0.25) is 5.91 Å². The number of aliphatic hydroxyl groups excluding tert-OH is 1. The summed E-state index contributed by atoms with van der Waals surface area (Å²) in [6, 6.07) is 0. The van der Waals surface area contributed by atoms with Gasteiger partial charge in [-0.15, -0.1) is 0 Å². The first-order valence-electron chi connectivity index (χ1n) is 5.11. The molecule has 2 atom stereocenters. The van der Waals surface area contributed by atoms with Crippen LogP contribution in [0.1, 0.15) is 6.42 Å². The Bertz CT molecular complexity index is 210. The summed E-state index contributed by atoms with van der Waals surface area (Å²) in [7, 11) is 3.21. The molecule has 1 heterocycles. The van der Waals surface area contributed by atoms with Crippen LogP contribution in [0, 0.1) is 5.92 Å². The smallest absolute Gasteiger partial charge is 0.223 e. The fraction of sp³-hybridized carbons (Fsp3) is 0.900. The molecule has 0 spiro atoms. The first-order chi connectivity index (χ1) is 7.21. The number of ether oxygens (including phenoxy) is 2. The van der Waals surface area contributed by atoms with Gasteiger partial charge in [0.25, 0.3) is 0 Å². The highest BCUT2D eigenvalue weighted by atomic mass is 16.5. The van der Waals surface area contributed by atoms with Gasteiger partial charge in [-0.25, -0.2) is 0 Å². The van der Waals surface area contributed by atoms with Gasteiger partial charge in [-0.3, -0.25) is 4.79 Å². The van der Waals surface area contributed by atoms with E-state index in [2.05, 4.69) is 0 Å². The second-order valence-electron chi connectivity index (χ2n) is 3.86. The topological polar surface area (TPSA) is 59.0 Å². The molecule has 1 N–H and O–H groups in total. The molecule has 1 saturated heterocycles. The number of nitrogens with zero attached hydrogens (tertiary/aromatic N) is 1. The van der Waals surface area contributed by atoms with Crippen LogP contribution in [0.15, 0.2) is 0 Å². The van der Waals surface area contributed by atoms with E-state index in [1.54, 1.807) is 19.1 Å². The van der Waals surface area contributed by atoms with E-state index in [4.69, 9.17) is 14.6 Å². The Hall–Kier alpha value is -0.650. The second kappa shape index (κ2) is 6.05. The third-order valence-corrected chi connectivity index (χ3v) is 2.66. The molecule has 2 unspecified atom stereocenters. The van der Waals surface area contributed by atoms with Crippen LogP contribution in [0.4, 0.5) is 0 Å². The lowest BCUT2D eigenvalue weighted by molar-refractivity contribution is -0.129. The van der Waals surface area contributed by atoms with Gasteiger partial charge in [0.05, 0.1) is 12.7 Å². The highest BCUT2D eigenvalue weighted by molar-refractivity contribution is 5.78. The van der Waals surface area contributed by atoms with E-state index in [0.717, 1.165) is 0 Å². The zero-order valence-electron chi connectivity index (χ0n) is 9.31. The van der Waals surface area contributed by atoms with Gasteiger partial charge in [0, 0.05) is 46.3 Å². The van der Waals surface area contributed by atoms with E-state index in [-0.39, 0.29) is 24.5 Å². The molecular formula is C10H19NO4. The van der Waals surface area contributed by atoms with Crippen LogP contribution in [-0.2, 0) is 14.3 Å². The summed E-state index contributed by atoms with van der Waals surface area (Å²) >= 11 is 0. The molecule has 1 rings (SSSR count). The zero-order valence-corrected chi connectivity index (χ0v) is 9.31. The zero-order chi connectivity index (χ0) is 11.3. The van der Waals surface area contributed by atoms with Crippen molar-refractivity contribution < 1.29 is 19.4 Å². The number of hydrogen-bond donors (Lipinski definition) is 1. The number of hydrogen-bond acceptors (Lipinski definition) is 4. The van der Waals surface area contributed by atoms with Gasteiger partial charge < -0.3 is 19.5 Å². The standard InChI is InChI=1S/C10H19NO4/c1-14-7-9(15-2)5-11-4-8(6-12)3-10(11)13/h8-9,12H,3-7H2,1-2H3. The summed E-state index contributed by atoms with van der Waals surface area (Å²) < 4.78 is 10.2. The number of carbonyl (C=O) groups is 1. The Labute approximate surface area is 90.0 Å². The molecule has 0 aromatic carbocycles. The Balaban J connectivity index is 2.40. The third-order valence-electron chi connectivity index (χ3n) is 2.66. The molecule has 5 heteroatoms. The summed E-state index contributed by atoms with van der Waals surface area (Å²) in [5.74, 6) is 0.171. The molecule has 1 aliphatic rings. The average molecular weight is 217 g/mol. The van der Waals surface area contributed by atoms with E-state index in [9.17, 15) is 4.79 Å². The van der Waals surface area contributed by atoms with Crippen LogP contribution in [-0.4, -0.2) is 62.5 Å². The van der Waals surface area contributed by atoms with Crippen molar-refractivity contribution in [2.45, 2.75) is 12.5 Å². The number of methoxy groups -OCH3 is 2. The lowest BCUT2D eigenvalue weighted by atomic mass is 10.1. The van der Waals surface area contributed by atoms with E-state index in [0.29, 0.717) is 26.1 Å². The third kappa shape index (κ3) is 3.44. The van der Waals surface area contributed by atoms with Crippen LogP contribution in [0.3, 0.4) is 0 Å². The van der Waals surface area contributed by atoms with Crippen LogP contribution < -0.4 is 0 Å². The van der Waals surface area contributed by atoms with Gasteiger partial charge in [-0.05, 0) is 0 Å². The summed E-state index contributed by atoms with van der Waals surface area (Å²) in [6.45, 7) is 1.72. The molecule has 15 heavy (non-hydrogen) atoms. The number of aliphatic hydroxyl groups is 1. The van der Waals surface area contributed by atoms with E-state index in [1.165, 1.54) is 0 Å². The molecule has 1 amide bonds. The van der Waals surface area contributed by atoms with Crippen LogP contribution >= 0.6 is 0 Å². The molecule has 1 fully saturated rings. The molecule has 0 bridgehead atoms. The maximum atomic E-state index is 11.5. The Morgan fingerprint density at radius 3 is 2.80 bits per heavy atom. The van der Waals surface area contributed by atoms with Crippen LogP contribution in [0.25, 0.3) is 0 Å². The van der Waals surface area contributed by atoms with Gasteiger partial charge in [-0.2, -0.15) is 0 Å². The highest BCUT2D eigenvalue weighted by Gasteiger charge is 2.30. The minimum Gasteiger partial charge on any atom is -0.396 e. The average Bonchev–Trinajstić information content (AvgIpc) is 2.59. The number of likely N-dealkylation sites (tertiary alicyclic amines) is 1. The molecule has 0 aromatic rings. The molecule has 0 radical (unpaired) electrons. The Morgan fingerprint density at radius 2 is 2.33 bits per heavy atom. The normalized spacial score (nSPS) is 23.5. The van der Waals surface area contributed by atoms with Crippen molar-refractivity contribution in [3.63, 3.8) is 0 Å². The lowest BCUT2D eigenvalue weighted by Gasteiger charge is -2.22. The monoisotopic (exact) mass is 217 g/mol. The maximum Gasteiger partial charge on any atom is 0.223 e.